The molecule has 1 aliphatic carbocycles. The maximum atomic E-state index is 12.2. The first kappa shape index (κ1) is 12.6. The van der Waals surface area contributed by atoms with Crippen LogP contribution in [0.15, 0.2) is 30.6 Å². The van der Waals surface area contributed by atoms with Gasteiger partial charge in [-0.25, -0.2) is 4.98 Å². The van der Waals surface area contributed by atoms with Crippen LogP contribution < -0.4 is 5.32 Å². The van der Waals surface area contributed by atoms with Crippen LogP contribution in [0, 0.1) is 0 Å². The lowest BCUT2D eigenvalue weighted by Gasteiger charge is -2.04. The van der Waals surface area contributed by atoms with Gasteiger partial charge < -0.3 is 10.3 Å². The second-order valence-electron chi connectivity index (χ2n) is 5.33. The first-order valence-corrected chi connectivity index (χ1v) is 7.93. The molecule has 4 rings (SSSR count). The van der Waals surface area contributed by atoms with Crippen LogP contribution in [0.3, 0.4) is 0 Å². The highest BCUT2D eigenvalue weighted by Gasteiger charge is 2.15. The van der Waals surface area contributed by atoms with E-state index in [0.29, 0.717) is 12.1 Å². The van der Waals surface area contributed by atoms with E-state index in [2.05, 4.69) is 21.4 Å². The van der Waals surface area contributed by atoms with Gasteiger partial charge in [-0.2, -0.15) is 0 Å². The molecule has 4 nitrogen and oxygen atoms in total. The maximum Gasteiger partial charge on any atom is 0.251 e. The van der Waals surface area contributed by atoms with Crippen molar-refractivity contribution < 1.29 is 4.79 Å². The quantitative estimate of drug-likeness (QED) is 0.780. The standard InChI is InChI=1S/C16H15N3OS/c20-16(11-4-5-13-14(7-11)19-9-18-13)17-8-12-6-10-2-1-3-15(10)21-12/h4-7,9H,1-3,8H2,(H,17,20)(H,18,19). The summed E-state index contributed by atoms with van der Waals surface area (Å²) in [6.07, 6.45) is 5.30. The van der Waals surface area contributed by atoms with Crippen molar-refractivity contribution in [3.8, 4) is 0 Å². The molecule has 0 radical (unpaired) electrons. The number of benzene rings is 1. The zero-order valence-corrected chi connectivity index (χ0v) is 12.3. The number of hydrogen-bond acceptors (Lipinski definition) is 3. The average molecular weight is 297 g/mol. The molecule has 5 heteroatoms. The van der Waals surface area contributed by atoms with Gasteiger partial charge in [-0.15, -0.1) is 11.3 Å². The van der Waals surface area contributed by atoms with Gasteiger partial charge in [-0.1, -0.05) is 0 Å². The Labute approximate surface area is 126 Å². The van der Waals surface area contributed by atoms with Gasteiger partial charge in [0.15, 0.2) is 0 Å². The Morgan fingerprint density at radius 2 is 2.29 bits per heavy atom. The minimum atomic E-state index is -0.0416. The second-order valence-corrected chi connectivity index (χ2v) is 6.55. The fourth-order valence-electron chi connectivity index (χ4n) is 2.82. The Bertz CT molecular complexity index is 796. The molecule has 21 heavy (non-hydrogen) atoms. The molecular weight excluding hydrogens is 282 g/mol. The summed E-state index contributed by atoms with van der Waals surface area (Å²) in [5.41, 5.74) is 3.90. The third-order valence-corrected chi connectivity index (χ3v) is 5.14. The molecule has 0 spiro atoms. The molecule has 1 aliphatic rings. The van der Waals surface area contributed by atoms with E-state index in [1.807, 2.05) is 29.5 Å². The molecule has 3 aromatic rings. The summed E-state index contributed by atoms with van der Waals surface area (Å²) >= 11 is 1.83. The van der Waals surface area contributed by atoms with Crippen molar-refractivity contribution in [2.75, 3.05) is 0 Å². The van der Waals surface area contributed by atoms with Crippen LogP contribution in [-0.4, -0.2) is 15.9 Å². The highest BCUT2D eigenvalue weighted by molar-refractivity contribution is 7.12. The third kappa shape index (κ3) is 2.34. The summed E-state index contributed by atoms with van der Waals surface area (Å²) in [6, 6.07) is 7.75. The largest absolute Gasteiger partial charge is 0.347 e. The number of rotatable bonds is 3. The molecule has 0 aliphatic heterocycles. The van der Waals surface area contributed by atoms with Crippen LogP contribution in [0.4, 0.5) is 0 Å². The summed E-state index contributed by atoms with van der Waals surface area (Å²) in [6.45, 7) is 0.609. The molecule has 0 unspecified atom stereocenters. The van der Waals surface area contributed by atoms with Crippen molar-refractivity contribution in [3.63, 3.8) is 0 Å². The van der Waals surface area contributed by atoms with E-state index < -0.39 is 0 Å². The van der Waals surface area contributed by atoms with E-state index in [1.54, 1.807) is 6.33 Å². The van der Waals surface area contributed by atoms with Gasteiger partial charge in [0.25, 0.3) is 5.91 Å². The Balaban J connectivity index is 1.47. The number of carbonyl (C=O) groups excluding carboxylic acids is 1. The van der Waals surface area contributed by atoms with E-state index in [0.717, 1.165) is 11.0 Å². The zero-order chi connectivity index (χ0) is 14.2. The molecule has 0 fully saturated rings. The maximum absolute atomic E-state index is 12.2. The predicted molar refractivity (Wildman–Crippen MR) is 83.6 cm³/mol. The second kappa shape index (κ2) is 5.00. The summed E-state index contributed by atoms with van der Waals surface area (Å²) < 4.78 is 0. The number of aromatic amines is 1. The first-order chi connectivity index (χ1) is 10.3. The Kier molecular flexibility index (Phi) is 3.00. The highest BCUT2D eigenvalue weighted by atomic mass is 32.1. The molecule has 0 atom stereocenters. The lowest BCUT2D eigenvalue weighted by atomic mass is 10.2. The SMILES string of the molecule is O=C(NCc1cc2c(s1)CCC2)c1ccc2nc[nH]c2c1. The molecule has 2 heterocycles. The Morgan fingerprint density at radius 3 is 3.19 bits per heavy atom. The van der Waals surface area contributed by atoms with Crippen molar-refractivity contribution in [1.29, 1.82) is 0 Å². The van der Waals surface area contributed by atoms with E-state index in [-0.39, 0.29) is 5.91 Å². The van der Waals surface area contributed by atoms with E-state index >= 15 is 0 Å². The molecule has 0 saturated heterocycles. The normalized spacial score (nSPS) is 13.5. The average Bonchev–Trinajstić information content (AvgIpc) is 3.18. The number of thiophene rings is 1. The topological polar surface area (TPSA) is 57.8 Å². The molecule has 1 amide bonds. The minimum Gasteiger partial charge on any atom is -0.347 e. The van der Waals surface area contributed by atoms with Gasteiger partial charge >= 0.3 is 0 Å². The van der Waals surface area contributed by atoms with E-state index in [4.69, 9.17) is 0 Å². The number of aryl methyl sites for hydroxylation is 2. The minimum absolute atomic E-state index is 0.0416. The van der Waals surface area contributed by atoms with Gasteiger partial charge in [0, 0.05) is 15.3 Å². The van der Waals surface area contributed by atoms with Crippen molar-refractivity contribution in [2.45, 2.75) is 25.8 Å². The van der Waals surface area contributed by atoms with Gasteiger partial charge in [0.1, 0.15) is 0 Å². The van der Waals surface area contributed by atoms with Crippen molar-refractivity contribution in [1.82, 2.24) is 15.3 Å². The van der Waals surface area contributed by atoms with E-state index in [9.17, 15) is 4.79 Å². The number of H-pyrrole nitrogens is 1. The Hall–Kier alpha value is -2.14. The van der Waals surface area contributed by atoms with E-state index in [1.165, 1.54) is 34.6 Å². The fourth-order valence-corrected chi connectivity index (χ4v) is 4.02. The molecule has 2 aromatic heterocycles. The van der Waals surface area contributed by atoms with Crippen LogP contribution >= 0.6 is 11.3 Å². The van der Waals surface area contributed by atoms with Crippen LogP contribution in [0.5, 0.6) is 0 Å². The van der Waals surface area contributed by atoms with Crippen LogP contribution in [-0.2, 0) is 19.4 Å². The summed E-state index contributed by atoms with van der Waals surface area (Å²) in [7, 11) is 0. The number of carbonyl (C=O) groups is 1. The van der Waals surface area contributed by atoms with Crippen molar-refractivity contribution in [2.24, 2.45) is 0 Å². The number of fused-ring (bicyclic) bond motifs is 2. The van der Waals surface area contributed by atoms with Gasteiger partial charge in [-0.3, -0.25) is 4.79 Å². The smallest absolute Gasteiger partial charge is 0.251 e. The monoisotopic (exact) mass is 297 g/mol. The first-order valence-electron chi connectivity index (χ1n) is 7.11. The molecule has 1 aromatic carbocycles. The van der Waals surface area contributed by atoms with Crippen molar-refractivity contribution in [3.05, 3.63) is 51.5 Å². The number of nitrogens with one attached hydrogen (secondary N) is 2. The Morgan fingerprint density at radius 1 is 1.33 bits per heavy atom. The van der Waals surface area contributed by atoms with Gasteiger partial charge in [0.05, 0.1) is 23.9 Å². The number of amides is 1. The number of imidazole rings is 1. The summed E-state index contributed by atoms with van der Waals surface area (Å²) in [5.74, 6) is -0.0416. The lowest BCUT2D eigenvalue weighted by molar-refractivity contribution is 0.0951. The molecule has 106 valence electrons. The van der Waals surface area contributed by atoms with Crippen LogP contribution in [0.1, 0.15) is 32.1 Å². The predicted octanol–water partition coefficient (Wildman–Crippen LogP) is 3.04. The molecule has 0 saturated carbocycles. The van der Waals surface area contributed by atoms with Gasteiger partial charge in [-0.05, 0) is 49.1 Å². The van der Waals surface area contributed by atoms with Gasteiger partial charge in [0.2, 0.25) is 0 Å². The zero-order valence-electron chi connectivity index (χ0n) is 11.5. The number of aromatic nitrogens is 2. The fraction of sp³-hybridized carbons (Fsp3) is 0.250. The third-order valence-electron chi connectivity index (χ3n) is 3.90. The number of nitrogens with zero attached hydrogens (tertiary/aromatic N) is 1. The molecule has 2 N–H and O–H groups in total. The molecule has 0 bridgehead atoms. The van der Waals surface area contributed by atoms with Crippen LogP contribution in [0.2, 0.25) is 0 Å². The molecular formula is C16H15N3OS. The highest BCUT2D eigenvalue weighted by Crippen LogP contribution is 2.30. The van der Waals surface area contributed by atoms with Crippen LogP contribution in [0.25, 0.3) is 11.0 Å². The summed E-state index contributed by atoms with van der Waals surface area (Å²) in [4.78, 5) is 22.1. The summed E-state index contributed by atoms with van der Waals surface area (Å²) in [5, 5.41) is 3.00. The van der Waals surface area contributed by atoms with Crippen molar-refractivity contribution >= 4 is 28.3 Å². The number of hydrogen-bond donors (Lipinski definition) is 2. The lowest BCUT2D eigenvalue weighted by Crippen LogP contribution is -2.22.